The van der Waals surface area contributed by atoms with Crippen molar-refractivity contribution in [3.8, 4) is 0 Å². The summed E-state index contributed by atoms with van der Waals surface area (Å²) in [6.07, 6.45) is -1.67. The molecule has 1 saturated carbocycles. The zero-order chi connectivity index (χ0) is 20.5. The quantitative estimate of drug-likeness (QED) is 0.769. The van der Waals surface area contributed by atoms with Crippen LogP contribution in [0.3, 0.4) is 0 Å². The first kappa shape index (κ1) is 20.8. The van der Waals surface area contributed by atoms with Crippen LogP contribution in [0, 0.1) is 17.8 Å². The Morgan fingerprint density at radius 3 is 2.57 bits per heavy atom. The molecule has 1 amide bonds. The molecule has 3 rings (SSSR count). The normalized spacial score (nSPS) is 25.8. The van der Waals surface area contributed by atoms with Crippen LogP contribution >= 0.6 is 0 Å². The van der Waals surface area contributed by atoms with Crippen molar-refractivity contribution >= 4 is 11.7 Å². The van der Waals surface area contributed by atoms with Crippen molar-refractivity contribution in [2.24, 2.45) is 17.8 Å². The van der Waals surface area contributed by atoms with Gasteiger partial charge >= 0.3 is 6.18 Å². The number of fused-ring (bicyclic) bond motifs is 1. The Morgan fingerprint density at radius 1 is 1.25 bits per heavy atom. The van der Waals surface area contributed by atoms with E-state index in [0.29, 0.717) is 30.1 Å². The third-order valence-electron chi connectivity index (χ3n) is 5.81. The number of alkyl halides is 3. The minimum atomic E-state index is -4.48. The van der Waals surface area contributed by atoms with Crippen LogP contribution in [0.1, 0.15) is 38.8 Å². The highest BCUT2D eigenvalue weighted by atomic mass is 19.4. The van der Waals surface area contributed by atoms with E-state index in [2.05, 4.69) is 34.7 Å². The molecular formula is C19H28F3N5O. The fourth-order valence-corrected chi connectivity index (χ4v) is 4.46. The van der Waals surface area contributed by atoms with Gasteiger partial charge in [0.1, 0.15) is 0 Å². The number of amides is 1. The second kappa shape index (κ2) is 8.23. The summed E-state index contributed by atoms with van der Waals surface area (Å²) >= 11 is 0. The number of anilines is 1. The molecule has 0 bridgehead atoms. The average molecular weight is 399 g/mol. The summed E-state index contributed by atoms with van der Waals surface area (Å²) in [7, 11) is 1.65. The second-order valence-electron chi connectivity index (χ2n) is 8.25. The summed E-state index contributed by atoms with van der Waals surface area (Å²) in [4.78, 5) is 14.2. The maximum Gasteiger partial charge on any atom is 0.435 e. The molecule has 2 fully saturated rings. The van der Waals surface area contributed by atoms with Crippen molar-refractivity contribution in [3.63, 3.8) is 0 Å². The molecule has 9 heteroatoms. The average Bonchev–Trinajstić information content (AvgIpc) is 3.21. The smallest absolute Gasteiger partial charge is 0.358 e. The Balaban J connectivity index is 1.65. The van der Waals surface area contributed by atoms with E-state index < -0.39 is 11.9 Å². The lowest BCUT2D eigenvalue weighted by atomic mass is 9.95. The van der Waals surface area contributed by atoms with Gasteiger partial charge in [-0.05, 0) is 49.1 Å². The van der Waals surface area contributed by atoms with Gasteiger partial charge in [0, 0.05) is 26.2 Å². The lowest BCUT2D eigenvalue weighted by Gasteiger charge is -2.27. The molecule has 0 radical (unpaired) electrons. The summed E-state index contributed by atoms with van der Waals surface area (Å²) < 4.78 is 38.1. The summed E-state index contributed by atoms with van der Waals surface area (Å²) in [5.41, 5.74) is -0.975. The Labute approximate surface area is 163 Å². The molecule has 1 aromatic rings. The molecule has 156 valence electrons. The third-order valence-corrected chi connectivity index (χ3v) is 5.81. The van der Waals surface area contributed by atoms with Crippen LogP contribution < -0.4 is 15.5 Å². The fourth-order valence-electron chi connectivity index (χ4n) is 4.46. The minimum Gasteiger partial charge on any atom is -0.358 e. The number of hydrogen-bond acceptors (Lipinski definition) is 5. The number of carbonyl (C=O) groups excluding carboxylic acids is 1. The molecule has 2 heterocycles. The number of likely N-dealkylation sites (N-methyl/N-ethyl adjacent to an activating group) is 1. The van der Waals surface area contributed by atoms with Crippen molar-refractivity contribution in [1.82, 2.24) is 20.8 Å². The zero-order valence-electron chi connectivity index (χ0n) is 16.5. The van der Waals surface area contributed by atoms with Crippen LogP contribution in [0.25, 0.3) is 0 Å². The molecule has 1 aliphatic carbocycles. The second-order valence-corrected chi connectivity index (χ2v) is 8.25. The molecule has 28 heavy (non-hydrogen) atoms. The first-order chi connectivity index (χ1) is 13.2. The number of aromatic nitrogens is 2. The Hall–Kier alpha value is -1.90. The number of rotatable bonds is 6. The van der Waals surface area contributed by atoms with E-state index in [4.69, 9.17) is 0 Å². The van der Waals surface area contributed by atoms with E-state index in [1.807, 2.05) is 4.90 Å². The van der Waals surface area contributed by atoms with E-state index in [1.165, 1.54) is 6.07 Å². The van der Waals surface area contributed by atoms with Gasteiger partial charge in [0.15, 0.2) is 11.5 Å². The molecule has 0 unspecified atom stereocenters. The topological polar surface area (TPSA) is 70.2 Å². The highest BCUT2D eigenvalue weighted by Crippen LogP contribution is 2.40. The van der Waals surface area contributed by atoms with E-state index in [1.54, 1.807) is 7.05 Å². The van der Waals surface area contributed by atoms with Crippen molar-refractivity contribution in [3.05, 3.63) is 17.8 Å². The van der Waals surface area contributed by atoms with Gasteiger partial charge in [-0.2, -0.15) is 13.2 Å². The van der Waals surface area contributed by atoms with E-state index in [0.717, 1.165) is 31.9 Å². The number of nitrogens with one attached hydrogen (secondary N) is 2. The molecule has 0 aromatic carbocycles. The van der Waals surface area contributed by atoms with Gasteiger partial charge in [-0.1, -0.05) is 13.8 Å². The van der Waals surface area contributed by atoms with Crippen LogP contribution in [0.2, 0.25) is 0 Å². The predicted octanol–water partition coefficient (Wildman–Crippen LogP) is 2.46. The summed E-state index contributed by atoms with van der Waals surface area (Å²) in [6.45, 7) is 5.66. The van der Waals surface area contributed by atoms with Gasteiger partial charge in [0.05, 0.1) is 6.04 Å². The van der Waals surface area contributed by atoms with Crippen LogP contribution in [0.4, 0.5) is 19.0 Å². The first-order valence-corrected chi connectivity index (χ1v) is 9.82. The van der Waals surface area contributed by atoms with Gasteiger partial charge in [0.2, 0.25) is 5.91 Å². The number of halogens is 3. The summed E-state index contributed by atoms with van der Waals surface area (Å²) in [6, 6.07) is 2.37. The fraction of sp³-hybridized carbons (Fsp3) is 0.737. The van der Waals surface area contributed by atoms with Crippen molar-refractivity contribution in [2.75, 3.05) is 25.0 Å². The lowest BCUT2D eigenvalue weighted by molar-refractivity contribution is -0.141. The standard InChI is InChI=1S/C19H28F3N5O/c1-11(2)8-15(18(28)23-3)24-14-5-4-12-9-27(10-13(12)14)17-7-6-16(25-26-17)19(20,21)22/h6-7,11-15,24H,4-5,8-10H2,1-3H3,(H,23,28)/t12-,13+,14+,15+/m1/s1. The Bertz CT molecular complexity index is 679. The van der Waals surface area contributed by atoms with Gasteiger partial charge in [-0.25, -0.2) is 0 Å². The first-order valence-electron chi connectivity index (χ1n) is 9.82. The summed E-state index contributed by atoms with van der Waals surface area (Å²) in [5, 5.41) is 13.4. The number of nitrogens with zero attached hydrogens (tertiary/aromatic N) is 3. The molecule has 1 saturated heterocycles. The van der Waals surface area contributed by atoms with E-state index in [-0.39, 0.29) is 18.0 Å². The van der Waals surface area contributed by atoms with Crippen LogP contribution in [-0.4, -0.2) is 48.3 Å². The number of hydrogen-bond donors (Lipinski definition) is 2. The largest absolute Gasteiger partial charge is 0.435 e. The summed E-state index contributed by atoms with van der Waals surface area (Å²) in [5.74, 6) is 1.68. The molecule has 2 N–H and O–H groups in total. The third kappa shape index (κ3) is 4.56. The van der Waals surface area contributed by atoms with Crippen molar-refractivity contribution in [1.29, 1.82) is 0 Å². The zero-order valence-corrected chi connectivity index (χ0v) is 16.5. The van der Waals surface area contributed by atoms with Crippen molar-refractivity contribution < 1.29 is 18.0 Å². The maximum atomic E-state index is 12.7. The SMILES string of the molecule is CNC(=O)[C@H](CC(C)C)N[C@H]1CC[C@@H]2CN(c3ccc(C(F)(F)F)nn3)C[C@@H]21. The highest BCUT2D eigenvalue weighted by Gasteiger charge is 2.44. The van der Waals surface area contributed by atoms with Crippen molar-refractivity contribution in [2.45, 2.75) is 51.4 Å². The maximum absolute atomic E-state index is 12.7. The Kier molecular flexibility index (Phi) is 6.12. The lowest BCUT2D eigenvalue weighted by Crippen LogP contribution is -2.50. The molecule has 1 aliphatic heterocycles. The number of carbonyl (C=O) groups is 1. The van der Waals surface area contributed by atoms with Gasteiger partial charge in [0.25, 0.3) is 0 Å². The predicted molar refractivity (Wildman–Crippen MR) is 99.7 cm³/mol. The molecule has 2 aliphatic rings. The minimum absolute atomic E-state index is 0.000564. The molecule has 4 atom stereocenters. The van der Waals surface area contributed by atoms with Gasteiger partial charge < -0.3 is 15.5 Å². The van der Waals surface area contributed by atoms with Gasteiger partial charge in [-0.15, -0.1) is 10.2 Å². The van der Waals surface area contributed by atoms with Crippen LogP contribution in [0.15, 0.2) is 12.1 Å². The van der Waals surface area contributed by atoms with Crippen LogP contribution in [-0.2, 0) is 11.0 Å². The molecule has 6 nitrogen and oxygen atoms in total. The van der Waals surface area contributed by atoms with E-state index in [9.17, 15) is 18.0 Å². The molecule has 0 spiro atoms. The molecule has 1 aromatic heterocycles. The molecular weight excluding hydrogens is 371 g/mol. The monoisotopic (exact) mass is 399 g/mol. The highest BCUT2D eigenvalue weighted by molar-refractivity contribution is 5.81. The van der Waals surface area contributed by atoms with E-state index >= 15 is 0 Å². The van der Waals surface area contributed by atoms with Gasteiger partial charge in [-0.3, -0.25) is 4.79 Å². The van der Waals surface area contributed by atoms with Crippen LogP contribution in [0.5, 0.6) is 0 Å². The Morgan fingerprint density at radius 2 is 2.00 bits per heavy atom.